The molecule has 0 saturated heterocycles. The van der Waals surface area contributed by atoms with Gasteiger partial charge < -0.3 is 10.5 Å². The van der Waals surface area contributed by atoms with Gasteiger partial charge in [-0.15, -0.1) is 0 Å². The van der Waals surface area contributed by atoms with E-state index in [9.17, 15) is 4.79 Å². The van der Waals surface area contributed by atoms with Crippen molar-refractivity contribution in [3.05, 3.63) is 29.8 Å². The number of nitrogens with one attached hydrogen (secondary N) is 1. The zero-order valence-corrected chi connectivity index (χ0v) is 7.73. The highest BCUT2D eigenvalue weighted by atomic mass is 16.5. The SMILES string of the molecule is COc1cccc(/C=N/NC(N)=O)c1. The Morgan fingerprint density at radius 1 is 1.64 bits per heavy atom. The molecule has 3 N–H and O–H groups in total. The Kier molecular flexibility index (Phi) is 3.49. The van der Waals surface area contributed by atoms with Gasteiger partial charge in [0.05, 0.1) is 13.3 Å². The summed E-state index contributed by atoms with van der Waals surface area (Å²) in [4.78, 5) is 10.3. The third-order valence-electron chi connectivity index (χ3n) is 1.48. The van der Waals surface area contributed by atoms with E-state index in [-0.39, 0.29) is 0 Å². The molecule has 1 rings (SSSR count). The first-order chi connectivity index (χ1) is 6.72. The molecule has 1 aromatic carbocycles. The van der Waals surface area contributed by atoms with Crippen LogP contribution in [0.3, 0.4) is 0 Å². The van der Waals surface area contributed by atoms with E-state index >= 15 is 0 Å². The van der Waals surface area contributed by atoms with Gasteiger partial charge in [0.1, 0.15) is 5.75 Å². The molecule has 0 bridgehead atoms. The topological polar surface area (TPSA) is 76.7 Å². The fourth-order valence-electron chi connectivity index (χ4n) is 0.892. The van der Waals surface area contributed by atoms with Gasteiger partial charge in [0.2, 0.25) is 0 Å². The molecule has 74 valence electrons. The fourth-order valence-corrected chi connectivity index (χ4v) is 0.892. The third kappa shape index (κ3) is 3.14. The maximum absolute atomic E-state index is 10.3. The minimum absolute atomic E-state index is 0.691. The van der Waals surface area contributed by atoms with Crippen LogP contribution >= 0.6 is 0 Å². The number of carbonyl (C=O) groups is 1. The smallest absolute Gasteiger partial charge is 0.332 e. The van der Waals surface area contributed by atoms with Gasteiger partial charge in [-0.2, -0.15) is 5.10 Å². The molecule has 0 aliphatic rings. The van der Waals surface area contributed by atoms with Crippen LogP contribution in [0.4, 0.5) is 4.79 Å². The molecule has 5 heteroatoms. The average Bonchev–Trinajstić information content (AvgIpc) is 2.18. The minimum atomic E-state index is -0.691. The Morgan fingerprint density at radius 2 is 2.43 bits per heavy atom. The van der Waals surface area contributed by atoms with Crippen molar-refractivity contribution in [3.63, 3.8) is 0 Å². The van der Waals surface area contributed by atoms with Crippen LogP contribution in [0.5, 0.6) is 5.75 Å². The van der Waals surface area contributed by atoms with Gasteiger partial charge in [0.15, 0.2) is 0 Å². The van der Waals surface area contributed by atoms with E-state index in [4.69, 9.17) is 10.5 Å². The quantitative estimate of drug-likeness (QED) is 0.547. The maximum Gasteiger partial charge on any atom is 0.332 e. The van der Waals surface area contributed by atoms with Gasteiger partial charge in [-0.05, 0) is 17.7 Å². The first-order valence-corrected chi connectivity index (χ1v) is 3.95. The number of hydrogen-bond donors (Lipinski definition) is 2. The second-order valence-corrected chi connectivity index (χ2v) is 2.51. The number of rotatable bonds is 3. The zero-order valence-electron chi connectivity index (χ0n) is 7.73. The van der Waals surface area contributed by atoms with Crippen molar-refractivity contribution in [1.29, 1.82) is 0 Å². The lowest BCUT2D eigenvalue weighted by molar-refractivity contribution is 0.249. The fraction of sp³-hybridized carbons (Fsp3) is 0.111. The normalized spacial score (nSPS) is 10.1. The summed E-state index contributed by atoms with van der Waals surface area (Å²) in [6, 6.07) is 6.56. The number of primary amides is 1. The number of hydrazone groups is 1. The number of nitrogens with two attached hydrogens (primary N) is 1. The van der Waals surface area contributed by atoms with E-state index in [1.165, 1.54) is 6.21 Å². The number of nitrogens with zero attached hydrogens (tertiary/aromatic N) is 1. The average molecular weight is 193 g/mol. The zero-order chi connectivity index (χ0) is 10.4. The number of methoxy groups -OCH3 is 1. The summed E-state index contributed by atoms with van der Waals surface area (Å²) >= 11 is 0. The molecular weight excluding hydrogens is 182 g/mol. The molecule has 0 spiro atoms. The number of benzene rings is 1. The second-order valence-electron chi connectivity index (χ2n) is 2.51. The summed E-state index contributed by atoms with van der Waals surface area (Å²) in [5, 5.41) is 3.61. The maximum atomic E-state index is 10.3. The predicted molar refractivity (Wildman–Crippen MR) is 53.3 cm³/mol. The molecule has 0 radical (unpaired) electrons. The molecule has 0 heterocycles. The van der Waals surface area contributed by atoms with Crippen molar-refractivity contribution in [2.75, 3.05) is 7.11 Å². The molecule has 14 heavy (non-hydrogen) atoms. The van der Waals surface area contributed by atoms with Gasteiger partial charge in [0, 0.05) is 0 Å². The van der Waals surface area contributed by atoms with E-state index in [0.29, 0.717) is 0 Å². The lowest BCUT2D eigenvalue weighted by Crippen LogP contribution is -2.24. The molecular formula is C9H11N3O2. The standard InChI is InChI=1S/C9H11N3O2/c1-14-8-4-2-3-7(5-8)6-11-12-9(10)13/h2-6H,1H3,(H3,10,12,13)/b11-6+. The number of ether oxygens (including phenoxy) is 1. The second kappa shape index (κ2) is 4.86. The number of amides is 2. The van der Waals surface area contributed by atoms with Crippen molar-refractivity contribution in [3.8, 4) is 5.75 Å². The van der Waals surface area contributed by atoms with Crippen LogP contribution in [0.15, 0.2) is 29.4 Å². The molecule has 0 atom stereocenters. The largest absolute Gasteiger partial charge is 0.497 e. The molecule has 0 unspecified atom stereocenters. The third-order valence-corrected chi connectivity index (χ3v) is 1.48. The van der Waals surface area contributed by atoms with Crippen LogP contribution < -0.4 is 15.9 Å². The van der Waals surface area contributed by atoms with E-state index in [1.807, 2.05) is 18.2 Å². The first-order valence-electron chi connectivity index (χ1n) is 3.95. The van der Waals surface area contributed by atoms with Gasteiger partial charge in [0.25, 0.3) is 0 Å². The van der Waals surface area contributed by atoms with Crippen LogP contribution in [0.2, 0.25) is 0 Å². The van der Waals surface area contributed by atoms with Gasteiger partial charge in [-0.1, -0.05) is 12.1 Å². The highest BCUT2D eigenvalue weighted by molar-refractivity contribution is 5.81. The minimum Gasteiger partial charge on any atom is -0.497 e. The van der Waals surface area contributed by atoms with Crippen molar-refractivity contribution < 1.29 is 9.53 Å². The molecule has 0 saturated carbocycles. The Bertz CT molecular complexity index is 350. The molecule has 0 aliphatic carbocycles. The number of carbonyl (C=O) groups excluding carboxylic acids is 1. The predicted octanol–water partition coefficient (Wildman–Crippen LogP) is 0.697. The van der Waals surface area contributed by atoms with Crippen LogP contribution in [-0.4, -0.2) is 19.4 Å². The van der Waals surface area contributed by atoms with Crippen LogP contribution in [0.25, 0.3) is 0 Å². The van der Waals surface area contributed by atoms with Gasteiger partial charge >= 0.3 is 6.03 Å². The van der Waals surface area contributed by atoms with Crippen molar-refractivity contribution in [2.24, 2.45) is 10.8 Å². The summed E-state index contributed by atoms with van der Waals surface area (Å²) < 4.78 is 5.01. The number of hydrogen-bond acceptors (Lipinski definition) is 3. The number of urea groups is 1. The van der Waals surface area contributed by atoms with Gasteiger partial charge in [-0.3, -0.25) is 0 Å². The van der Waals surface area contributed by atoms with Crippen LogP contribution in [-0.2, 0) is 0 Å². The molecule has 0 aliphatic heterocycles. The van der Waals surface area contributed by atoms with Crippen LogP contribution in [0, 0.1) is 0 Å². The lowest BCUT2D eigenvalue weighted by atomic mass is 10.2. The summed E-state index contributed by atoms with van der Waals surface area (Å²) in [6.45, 7) is 0. The molecule has 0 fully saturated rings. The Labute approximate surface area is 81.6 Å². The van der Waals surface area contributed by atoms with E-state index in [0.717, 1.165) is 11.3 Å². The summed E-state index contributed by atoms with van der Waals surface area (Å²) in [7, 11) is 1.58. The highest BCUT2D eigenvalue weighted by Gasteiger charge is 1.92. The first kappa shape index (κ1) is 10.0. The molecule has 1 aromatic rings. The van der Waals surface area contributed by atoms with Crippen molar-refractivity contribution >= 4 is 12.2 Å². The van der Waals surface area contributed by atoms with Crippen molar-refractivity contribution in [2.45, 2.75) is 0 Å². The molecule has 5 nitrogen and oxygen atoms in total. The monoisotopic (exact) mass is 193 g/mol. The molecule has 0 aromatic heterocycles. The van der Waals surface area contributed by atoms with E-state index in [2.05, 4.69) is 10.5 Å². The van der Waals surface area contributed by atoms with Gasteiger partial charge in [-0.25, -0.2) is 10.2 Å². The Hall–Kier alpha value is -2.04. The highest BCUT2D eigenvalue weighted by Crippen LogP contribution is 2.10. The molecule has 2 amide bonds. The summed E-state index contributed by atoms with van der Waals surface area (Å²) in [5.41, 5.74) is 7.74. The van der Waals surface area contributed by atoms with E-state index in [1.54, 1.807) is 13.2 Å². The Morgan fingerprint density at radius 3 is 3.07 bits per heavy atom. The summed E-state index contributed by atoms with van der Waals surface area (Å²) in [5.74, 6) is 0.730. The van der Waals surface area contributed by atoms with E-state index < -0.39 is 6.03 Å². The lowest BCUT2D eigenvalue weighted by Gasteiger charge is -1.99. The van der Waals surface area contributed by atoms with Crippen LogP contribution in [0.1, 0.15) is 5.56 Å². The van der Waals surface area contributed by atoms with Crippen molar-refractivity contribution in [1.82, 2.24) is 5.43 Å². The summed E-state index contributed by atoms with van der Waals surface area (Å²) in [6.07, 6.45) is 1.48. The Balaban J connectivity index is 2.66.